The van der Waals surface area contributed by atoms with Crippen molar-refractivity contribution in [1.29, 1.82) is 0 Å². The van der Waals surface area contributed by atoms with Crippen LogP contribution in [0.4, 0.5) is 5.69 Å². The molecule has 0 aliphatic carbocycles. The van der Waals surface area contributed by atoms with E-state index in [4.69, 9.17) is 11.6 Å². The van der Waals surface area contributed by atoms with E-state index in [2.05, 4.69) is 23.2 Å². The van der Waals surface area contributed by atoms with Crippen molar-refractivity contribution in [1.82, 2.24) is 5.32 Å². The highest BCUT2D eigenvalue weighted by Crippen LogP contribution is 2.30. The van der Waals surface area contributed by atoms with Crippen LogP contribution in [0.5, 0.6) is 0 Å². The number of halogens is 1. The van der Waals surface area contributed by atoms with Gasteiger partial charge in [0, 0.05) is 30.3 Å². The fourth-order valence-electron chi connectivity index (χ4n) is 2.83. The molecule has 1 saturated heterocycles. The van der Waals surface area contributed by atoms with Crippen molar-refractivity contribution >= 4 is 17.3 Å². The lowest BCUT2D eigenvalue weighted by atomic mass is 9.94. The zero-order valence-electron chi connectivity index (χ0n) is 12.5. The number of benzene rings is 1. The predicted molar refractivity (Wildman–Crippen MR) is 85.5 cm³/mol. The molecule has 0 spiro atoms. The number of nitrogens with zero attached hydrogens (tertiary/aromatic N) is 1. The van der Waals surface area contributed by atoms with Crippen LogP contribution in [0.15, 0.2) is 18.2 Å². The molecule has 0 radical (unpaired) electrons. The fraction of sp³-hybridized carbons (Fsp3) is 0.625. The third-order valence-electron chi connectivity index (χ3n) is 3.80. The summed E-state index contributed by atoms with van der Waals surface area (Å²) in [4.78, 5) is 2.28. The smallest absolute Gasteiger partial charge is 0.0794 e. The quantitative estimate of drug-likeness (QED) is 0.819. The third-order valence-corrected chi connectivity index (χ3v) is 4.03. The fourth-order valence-corrected chi connectivity index (χ4v) is 3.02. The molecule has 1 fully saturated rings. The minimum absolute atomic E-state index is 0.591. The first-order valence-corrected chi connectivity index (χ1v) is 7.86. The SMILES string of the molecule is CCCNCc1cc(Cl)ccc1N1CCCC(C)(O)C1. The Morgan fingerprint density at radius 1 is 1.45 bits per heavy atom. The Kier molecular flexibility index (Phi) is 5.30. The van der Waals surface area contributed by atoms with Gasteiger partial charge in [0.2, 0.25) is 0 Å². The first-order chi connectivity index (χ1) is 9.52. The maximum atomic E-state index is 10.3. The average molecular weight is 297 g/mol. The van der Waals surface area contributed by atoms with E-state index in [1.54, 1.807) is 0 Å². The molecule has 1 unspecified atom stereocenters. The molecule has 1 heterocycles. The zero-order valence-corrected chi connectivity index (χ0v) is 13.2. The summed E-state index contributed by atoms with van der Waals surface area (Å²) in [6.07, 6.45) is 3.02. The Balaban J connectivity index is 2.17. The van der Waals surface area contributed by atoms with Crippen molar-refractivity contribution in [2.45, 2.75) is 45.3 Å². The van der Waals surface area contributed by atoms with Crippen molar-refractivity contribution in [3.05, 3.63) is 28.8 Å². The maximum Gasteiger partial charge on any atom is 0.0794 e. The molecule has 4 heteroatoms. The van der Waals surface area contributed by atoms with E-state index < -0.39 is 5.60 Å². The number of β-amino-alcohol motifs (C(OH)–C–C–N with tert-alkyl or cyclic N) is 1. The van der Waals surface area contributed by atoms with Crippen LogP contribution in [0.2, 0.25) is 5.02 Å². The summed E-state index contributed by atoms with van der Waals surface area (Å²) in [5.74, 6) is 0. The normalized spacial score (nSPS) is 23.1. The molecule has 2 N–H and O–H groups in total. The van der Waals surface area contributed by atoms with Gasteiger partial charge in [-0.2, -0.15) is 0 Å². The molecule has 0 bridgehead atoms. The molecule has 2 rings (SSSR count). The van der Waals surface area contributed by atoms with Gasteiger partial charge in [-0.1, -0.05) is 18.5 Å². The minimum atomic E-state index is -0.591. The molecule has 20 heavy (non-hydrogen) atoms. The van der Waals surface area contributed by atoms with Gasteiger partial charge in [0.25, 0.3) is 0 Å². The van der Waals surface area contributed by atoms with Crippen molar-refractivity contribution < 1.29 is 5.11 Å². The summed E-state index contributed by atoms with van der Waals surface area (Å²) in [6, 6.07) is 6.04. The van der Waals surface area contributed by atoms with Gasteiger partial charge in [0.1, 0.15) is 0 Å². The van der Waals surface area contributed by atoms with Crippen LogP contribution in [0, 0.1) is 0 Å². The largest absolute Gasteiger partial charge is 0.388 e. The Morgan fingerprint density at radius 3 is 2.95 bits per heavy atom. The summed E-state index contributed by atoms with van der Waals surface area (Å²) in [6.45, 7) is 7.60. The number of hydrogen-bond acceptors (Lipinski definition) is 3. The first-order valence-electron chi connectivity index (χ1n) is 7.48. The highest BCUT2D eigenvalue weighted by Gasteiger charge is 2.29. The molecule has 1 aliphatic heterocycles. The number of rotatable bonds is 5. The van der Waals surface area contributed by atoms with E-state index in [1.807, 2.05) is 19.1 Å². The van der Waals surface area contributed by atoms with E-state index in [0.29, 0.717) is 6.54 Å². The van der Waals surface area contributed by atoms with Gasteiger partial charge in [-0.15, -0.1) is 0 Å². The molecule has 1 aromatic rings. The third kappa shape index (κ3) is 4.11. The summed E-state index contributed by atoms with van der Waals surface area (Å²) in [5.41, 5.74) is 1.81. The molecule has 1 aromatic carbocycles. The number of hydrogen-bond donors (Lipinski definition) is 2. The highest BCUT2D eigenvalue weighted by atomic mass is 35.5. The van der Waals surface area contributed by atoms with Gasteiger partial charge in [-0.05, 0) is 56.5 Å². The van der Waals surface area contributed by atoms with E-state index >= 15 is 0 Å². The molecule has 1 atom stereocenters. The van der Waals surface area contributed by atoms with Crippen molar-refractivity contribution in [3.63, 3.8) is 0 Å². The molecule has 0 amide bonds. The van der Waals surface area contributed by atoms with Gasteiger partial charge in [0.15, 0.2) is 0 Å². The second kappa shape index (κ2) is 6.79. The van der Waals surface area contributed by atoms with Crippen molar-refractivity contribution in [2.24, 2.45) is 0 Å². The summed E-state index contributed by atoms with van der Waals surface area (Å²) in [5, 5.41) is 14.5. The Hall–Kier alpha value is -0.770. The van der Waals surface area contributed by atoms with Gasteiger partial charge in [0.05, 0.1) is 5.60 Å². The highest BCUT2D eigenvalue weighted by molar-refractivity contribution is 6.30. The maximum absolute atomic E-state index is 10.3. The first kappa shape index (κ1) is 15.6. The van der Waals surface area contributed by atoms with Crippen molar-refractivity contribution in [2.75, 3.05) is 24.5 Å². The molecule has 112 valence electrons. The topological polar surface area (TPSA) is 35.5 Å². The molecular formula is C16H25ClN2O. The van der Waals surface area contributed by atoms with Crippen LogP contribution in [0.25, 0.3) is 0 Å². The van der Waals surface area contributed by atoms with E-state index in [9.17, 15) is 5.11 Å². The van der Waals surface area contributed by atoms with Crippen LogP contribution in [0.3, 0.4) is 0 Å². The van der Waals surface area contributed by atoms with Crippen LogP contribution < -0.4 is 10.2 Å². The summed E-state index contributed by atoms with van der Waals surface area (Å²) >= 11 is 6.13. The molecule has 1 aliphatic rings. The van der Waals surface area contributed by atoms with E-state index in [0.717, 1.165) is 43.9 Å². The number of nitrogens with one attached hydrogen (secondary N) is 1. The Labute approximate surface area is 126 Å². The minimum Gasteiger partial charge on any atom is -0.388 e. The second-order valence-electron chi connectivity index (χ2n) is 5.97. The van der Waals surface area contributed by atoms with Gasteiger partial charge in [-0.3, -0.25) is 0 Å². The standard InChI is InChI=1S/C16H25ClN2O/c1-3-8-18-11-13-10-14(17)5-6-15(13)19-9-4-7-16(2,20)12-19/h5-6,10,18,20H,3-4,7-9,11-12H2,1-2H3. The molecule has 3 nitrogen and oxygen atoms in total. The van der Waals surface area contributed by atoms with Gasteiger partial charge in [-0.25, -0.2) is 0 Å². The lowest BCUT2D eigenvalue weighted by Crippen LogP contribution is -2.46. The molecule has 0 aromatic heterocycles. The van der Waals surface area contributed by atoms with Crippen molar-refractivity contribution in [3.8, 4) is 0 Å². The Morgan fingerprint density at radius 2 is 2.25 bits per heavy atom. The monoisotopic (exact) mass is 296 g/mol. The second-order valence-corrected chi connectivity index (χ2v) is 6.41. The zero-order chi connectivity index (χ0) is 14.6. The number of anilines is 1. The Bertz CT molecular complexity index is 448. The lowest BCUT2D eigenvalue weighted by molar-refractivity contribution is 0.0449. The van der Waals surface area contributed by atoms with E-state index in [-0.39, 0.29) is 0 Å². The predicted octanol–water partition coefficient (Wildman–Crippen LogP) is 3.19. The van der Waals surface area contributed by atoms with Crippen LogP contribution >= 0.6 is 11.6 Å². The van der Waals surface area contributed by atoms with Crippen LogP contribution in [0.1, 0.15) is 38.7 Å². The summed E-state index contributed by atoms with van der Waals surface area (Å²) < 4.78 is 0. The molecule has 0 saturated carbocycles. The van der Waals surface area contributed by atoms with E-state index in [1.165, 1.54) is 11.3 Å². The molecular weight excluding hydrogens is 272 g/mol. The van der Waals surface area contributed by atoms with Crippen LogP contribution in [-0.2, 0) is 6.54 Å². The van der Waals surface area contributed by atoms with Gasteiger partial charge >= 0.3 is 0 Å². The van der Waals surface area contributed by atoms with Gasteiger partial charge < -0.3 is 15.3 Å². The lowest BCUT2D eigenvalue weighted by Gasteiger charge is -2.39. The number of aliphatic hydroxyl groups is 1. The average Bonchev–Trinajstić information content (AvgIpc) is 2.38. The number of piperidine rings is 1. The van der Waals surface area contributed by atoms with Crippen LogP contribution in [-0.4, -0.2) is 30.3 Å². The summed E-state index contributed by atoms with van der Waals surface area (Å²) in [7, 11) is 0.